The second-order valence-electron chi connectivity index (χ2n) is 1.83. The Morgan fingerprint density at radius 1 is 0.692 bits per heavy atom. The minimum atomic E-state index is -0.333. The number of rotatable bonds is 0. The van der Waals surface area contributed by atoms with Crippen molar-refractivity contribution < 1.29 is 14.4 Å². The molecule has 0 unspecified atom stereocenters. The lowest BCUT2D eigenvalue weighted by atomic mass is 10.8. The van der Waals surface area contributed by atoms with Crippen molar-refractivity contribution in [2.45, 2.75) is 20.8 Å². The molecule has 0 aromatic carbocycles. The highest BCUT2D eigenvalue weighted by molar-refractivity contribution is 5.70. The first-order valence-corrected chi connectivity index (χ1v) is 2.98. The fourth-order valence-corrected chi connectivity index (χ4v) is 0. The molecule has 9 N–H and O–H groups in total. The molecule has 0 bridgehead atoms. The molecule has 0 atom stereocenters. The van der Waals surface area contributed by atoms with Gasteiger partial charge in [0.1, 0.15) is 0 Å². The van der Waals surface area contributed by atoms with E-state index in [1.54, 1.807) is 0 Å². The Hall–Kier alpha value is -1.63. The summed E-state index contributed by atoms with van der Waals surface area (Å²) >= 11 is 0. The van der Waals surface area contributed by atoms with Gasteiger partial charge in [-0.15, -0.1) is 0 Å². The van der Waals surface area contributed by atoms with Gasteiger partial charge in [0, 0.05) is 20.8 Å². The van der Waals surface area contributed by atoms with Crippen molar-refractivity contribution >= 4 is 17.7 Å². The largest absolute Gasteiger partial charge is 0.370 e. The summed E-state index contributed by atoms with van der Waals surface area (Å²) in [5.41, 5.74) is 13.4. The molecule has 0 spiro atoms. The van der Waals surface area contributed by atoms with Gasteiger partial charge in [-0.2, -0.15) is 0 Å². The maximum atomic E-state index is 9.22. The van der Waals surface area contributed by atoms with E-state index in [1.807, 2.05) is 0 Å². The third-order valence-electron chi connectivity index (χ3n) is 0. The van der Waals surface area contributed by atoms with E-state index in [0.29, 0.717) is 0 Å². The van der Waals surface area contributed by atoms with Gasteiger partial charge in [0.2, 0.25) is 17.7 Å². The van der Waals surface area contributed by atoms with Gasteiger partial charge in [-0.05, 0) is 0 Å². The Bertz CT molecular complexity index is 117. The topological polar surface area (TPSA) is 164 Å². The Labute approximate surface area is 77.2 Å². The van der Waals surface area contributed by atoms with Gasteiger partial charge in [-0.1, -0.05) is 0 Å². The molecule has 80 valence electrons. The van der Waals surface area contributed by atoms with Crippen LogP contribution in [0.4, 0.5) is 0 Å². The second kappa shape index (κ2) is 16.8. The van der Waals surface area contributed by atoms with Gasteiger partial charge < -0.3 is 23.4 Å². The summed E-state index contributed by atoms with van der Waals surface area (Å²) < 4.78 is 0. The number of amides is 3. The van der Waals surface area contributed by atoms with Gasteiger partial charge in [-0.3, -0.25) is 14.4 Å². The van der Waals surface area contributed by atoms with E-state index < -0.39 is 0 Å². The molecule has 13 heavy (non-hydrogen) atoms. The summed E-state index contributed by atoms with van der Waals surface area (Å²) in [6.07, 6.45) is 0. The van der Waals surface area contributed by atoms with Crippen LogP contribution in [0.3, 0.4) is 0 Å². The lowest BCUT2D eigenvalue weighted by Crippen LogP contribution is -2.01. The quantitative estimate of drug-likeness (QED) is 0.374. The molecule has 7 nitrogen and oxygen atoms in total. The van der Waals surface area contributed by atoms with Crippen molar-refractivity contribution in [3.63, 3.8) is 0 Å². The molecule has 0 saturated carbocycles. The molecule has 0 aliphatic rings. The number of hydrogen-bond donors (Lipinski definition) is 4. The Balaban J connectivity index is -0.0000000450. The smallest absolute Gasteiger partial charge is 0.214 e. The van der Waals surface area contributed by atoms with Gasteiger partial charge in [0.05, 0.1) is 0 Å². The highest BCUT2D eigenvalue weighted by atomic mass is 16.1. The van der Waals surface area contributed by atoms with Crippen molar-refractivity contribution in [3.05, 3.63) is 0 Å². The Morgan fingerprint density at radius 3 is 0.692 bits per heavy atom. The van der Waals surface area contributed by atoms with Crippen molar-refractivity contribution in [2.75, 3.05) is 0 Å². The molecule has 0 aliphatic carbocycles. The van der Waals surface area contributed by atoms with E-state index in [2.05, 4.69) is 17.2 Å². The van der Waals surface area contributed by atoms with Crippen molar-refractivity contribution in [1.29, 1.82) is 0 Å². The lowest BCUT2D eigenvalue weighted by Gasteiger charge is -1.60. The average molecular weight is 194 g/mol. The fourth-order valence-electron chi connectivity index (χ4n) is 0. The van der Waals surface area contributed by atoms with Crippen molar-refractivity contribution in [1.82, 2.24) is 6.15 Å². The minimum absolute atomic E-state index is 0. The van der Waals surface area contributed by atoms with E-state index in [4.69, 9.17) is 0 Å². The van der Waals surface area contributed by atoms with Crippen molar-refractivity contribution in [2.24, 2.45) is 17.2 Å². The second-order valence-corrected chi connectivity index (χ2v) is 1.83. The monoisotopic (exact) mass is 194 g/mol. The molecule has 0 rings (SSSR count). The third kappa shape index (κ3) is 273. The highest BCUT2D eigenvalue weighted by Gasteiger charge is 1.62. The standard InChI is InChI=1S/3C2H5NO.H3N/c3*1-2(3)4;/h3*1H3,(H2,3,4);1H3. The molecular formula is C6H18N4O3. The number of carbonyl (C=O) groups excluding carboxylic acids is 3. The van der Waals surface area contributed by atoms with Crippen LogP contribution in [0.5, 0.6) is 0 Å². The minimum Gasteiger partial charge on any atom is -0.370 e. The number of hydrogen-bond acceptors (Lipinski definition) is 4. The normalized spacial score (nSPS) is 5.77. The summed E-state index contributed by atoms with van der Waals surface area (Å²) in [4.78, 5) is 27.7. The van der Waals surface area contributed by atoms with Crippen LogP contribution in [0.15, 0.2) is 0 Å². The van der Waals surface area contributed by atoms with Crippen LogP contribution >= 0.6 is 0 Å². The Kier molecular flexibility index (Phi) is 29.0. The van der Waals surface area contributed by atoms with Crippen LogP contribution in [0.2, 0.25) is 0 Å². The zero-order valence-electron chi connectivity index (χ0n) is 8.16. The van der Waals surface area contributed by atoms with E-state index in [9.17, 15) is 14.4 Å². The third-order valence-corrected chi connectivity index (χ3v) is 0. The molecule has 0 heterocycles. The predicted octanol–water partition coefficient (Wildman–Crippen LogP) is -1.36. The first kappa shape index (κ1) is 22.5. The van der Waals surface area contributed by atoms with Crippen LogP contribution in [0.25, 0.3) is 0 Å². The first-order chi connectivity index (χ1) is 5.20. The van der Waals surface area contributed by atoms with E-state index in [1.165, 1.54) is 20.8 Å². The van der Waals surface area contributed by atoms with Gasteiger partial charge in [-0.25, -0.2) is 0 Å². The molecule has 3 amide bonds. The maximum absolute atomic E-state index is 9.22. The zero-order chi connectivity index (χ0) is 10.7. The summed E-state index contributed by atoms with van der Waals surface area (Å²) in [7, 11) is 0. The van der Waals surface area contributed by atoms with Crippen LogP contribution in [0, 0.1) is 0 Å². The van der Waals surface area contributed by atoms with Gasteiger partial charge in [0.15, 0.2) is 0 Å². The summed E-state index contributed by atoms with van der Waals surface area (Å²) in [6.45, 7) is 3.92. The van der Waals surface area contributed by atoms with Crippen LogP contribution < -0.4 is 23.4 Å². The fraction of sp³-hybridized carbons (Fsp3) is 0.500. The van der Waals surface area contributed by atoms with E-state index in [0.717, 1.165) is 0 Å². The highest BCUT2D eigenvalue weighted by Crippen LogP contribution is 1.34. The molecular weight excluding hydrogens is 176 g/mol. The maximum Gasteiger partial charge on any atom is 0.214 e. The molecule has 0 aromatic heterocycles. The summed E-state index contributed by atoms with van der Waals surface area (Å²) in [6, 6.07) is 0. The zero-order valence-corrected chi connectivity index (χ0v) is 8.16. The molecule has 0 aliphatic heterocycles. The summed E-state index contributed by atoms with van der Waals surface area (Å²) in [5.74, 6) is -1.000. The van der Waals surface area contributed by atoms with E-state index >= 15 is 0 Å². The first-order valence-electron chi connectivity index (χ1n) is 2.98. The average Bonchev–Trinajstić information content (AvgIpc) is 1.54. The van der Waals surface area contributed by atoms with Crippen LogP contribution in [-0.2, 0) is 14.4 Å². The number of primary amides is 3. The van der Waals surface area contributed by atoms with Crippen LogP contribution in [-0.4, -0.2) is 17.7 Å². The van der Waals surface area contributed by atoms with E-state index in [-0.39, 0.29) is 23.9 Å². The van der Waals surface area contributed by atoms with Crippen molar-refractivity contribution in [3.8, 4) is 0 Å². The van der Waals surface area contributed by atoms with Gasteiger partial charge >= 0.3 is 0 Å². The lowest BCUT2D eigenvalue weighted by molar-refractivity contribution is -0.116. The number of carbonyl (C=O) groups is 3. The summed E-state index contributed by atoms with van der Waals surface area (Å²) in [5, 5.41) is 0. The molecule has 0 radical (unpaired) electrons. The molecule has 0 saturated heterocycles. The molecule has 0 fully saturated rings. The van der Waals surface area contributed by atoms with Gasteiger partial charge in [0.25, 0.3) is 0 Å². The SMILES string of the molecule is CC(N)=O.CC(N)=O.CC(N)=O.N. The molecule has 0 aromatic rings. The van der Waals surface area contributed by atoms with Crippen LogP contribution in [0.1, 0.15) is 20.8 Å². The Morgan fingerprint density at radius 2 is 0.692 bits per heavy atom. The predicted molar refractivity (Wildman–Crippen MR) is 49.6 cm³/mol. The molecule has 7 heteroatoms. The number of nitrogens with two attached hydrogens (primary N) is 3.